The van der Waals surface area contributed by atoms with E-state index in [1.807, 2.05) is 11.5 Å². The Morgan fingerprint density at radius 1 is 1.11 bits per heavy atom. The zero-order valence-corrected chi connectivity index (χ0v) is 16.2. The van der Waals surface area contributed by atoms with E-state index in [0.29, 0.717) is 18.7 Å². The first kappa shape index (κ1) is 22.9. The largest absolute Gasteiger partial charge is 0.503 e. The van der Waals surface area contributed by atoms with E-state index in [-0.39, 0.29) is 42.3 Å². The van der Waals surface area contributed by atoms with Crippen molar-refractivity contribution in [2.45, 2.75) is 71.3 Å². The SMILES string of the molecule is CCc1c(O)c(=O)ccn1CCCCCCCCOC(=O)CCC(=O)CN. The summed E-state index contributed by atoms with van der Waals surface area (Å²) in [7, 11) is 0. The molecule has 0 fully saturated rings. The lowest BCUT2D eigenvalue weighted by molar-refractivity contribution is -0.144. The van der Waals surface area contributed by atoms with Crippen molar-refractivity contribution in [1.29, 1.82) is 0 Å². The maximum absolute atomic E-state index is 11.5. The molecule has 0 aliphatic rings. The normalized spacial score (nSPS) is 10.7. The average molecular weight is 380 g/mol. The second-order valence-electron chi connectivity index (χ2n) is 6.61. The fourth-order valence-electron chi connectivity index (χ4n) is 2.88. The number of aromatic nitrogens is 1. The van der Waals surface area contributed by atoms with Gasteiger partial charge in [0.1, 0.15) is 5.78 Å². The number of esters is 1. The molecule has 1 heterocycles. The number of hydrogen-bond acceptors (Lipinski definition) is 6. The van der Waals surface area contributed by atoms with Crippen LogP contribution in [0.1, 0.15) is 64.0 Å². The summed E-state index contributed by atoms with van der Waals surface area (Å²) in [4.78, 5) is 33.9. The number of aromatic hydroxyl groups is 1. The van der Waals surface area contributed by atoms with Crippen molar-refractivity contribution in [2.24, 2.45) is 5.73 Å². The van der Waals surface area contributed by atoms with Crippen LogP contribution in [0, 0.1) is 0 Å². The fraction of sp³-hybridized carbons (Fsp3) is 0.650. The minimum Gasteiger partial charge on any atom is -0.503 e. The summed E-state index contributed by atoms with van der Waals surface area (Å²) in [6.45, 7) is 3.08. The molecule has 3 N–H and O–H groups in total. The lowest BCUT2D eigenvalue weighted by Gasteiger charge is -2.13. The van der Waals surface area contributed by atoms with Gasteiger partial charge in [0, 0.05) is 25.2 Å². The summed E-state index contributed by atoms with van der Waals surface area (Å²) >= 11 is 0. The number of rotatable bonds is 14. The predicted octanol–water partition coefficient (Wildman–Crippen LogP) is 2.31. The van der Waals surface area contributed by atoms with Gasteiger partial charge in [0.05, 0.1) is 25.3 Å². The molecule has 0 amide bonds. The van der Waals surface area contributed by atoms with Crippen LogP contribution in [-0.4, -0.2) is 34.6 Å². The van der Waals surface area contributed by atoms with Gasteiger partial charge in [0.25, 0.3) is 0 Å². The fourth-order valence-corrected chi connectivity index (χ4v) is 2.88. The summed E-state index contributed by atoms with van der Waals surface area (Å²) in [5.74, 6) is -0.606. The average Bonchev–Trinajstić information content (AvgIpc) is 2.67. The zero-order chi connectivity index (χ0) is 20.1. The van der Waals surface area contributed by atoms with Gasteiger partial charge in [-0.25, -0.2) is 0 Å². The monoisotopic (exact) mass is 380 g/mol. The highest BCUT2D eigenvalue weighted by atomic mass is 16.5. The Balaban J connectivity index is 2.07. The minimum absolute atomic E-state index is 0.0311. The Morgan fingerprint density at radius 2 is 1.78 bits per heavy atom. The molecule has 0 atom stereocenters. The molecule has 1 rings (SSSR count). The van der Waals surface area contributed by atoms with Crippen LogP contribution in [0.25, 0.3) is 0 Å². The Labute approximate surface area is 160 Å². The van der Waals surface area contributed by atoms with Gasteiger partial charge in [0.2, 0.25) is 5.43 Å². The summed E-state index contributed by atoms with van der Waals surface area (Å²) < 4.78 is 7.03. The number of carbonyl (C=O) groups is 2. The molecule has 7 heteroatoms. The predicted molar refractivity (Wildman–Crippen MR) is 104 cm³/mol. The number of hydrogen-bond donors (Lipinski definition) is 2. The molecule has 0 aromatic carbocycles. The van der Waals surface area contributed by atoms with Gasteiger partial charge in [-0.1, -0.05) is 32.6 Å². The van der Waals surface area contributed by atoms with E-state index in [1.54, 1.807) is 6.20 Å². The van der Waals surface area contributed by atoms with Gasteiger partial charge < -0.3 is 20.1 Å². The first-order valence-electron chi connectivity index (χ1n) is 9.78. The third-order valence-corrected chi connectivity index (χ3v) is 4.49. The highest BCUT2D eigenvalue weighted by Crippen LogP contribution is 2.14. The highest BCUT2D eigenvalue weighted by Gasteiger charge is 2.08. The number of Topliss-reactive ketones (excluding diaryl/α,β-unsaturated/α-hetero) is 1. The number of aryl methyl sites for hydroxylation is 1. The number of unbranched alkanes of at least 4 members (excludes halogenated alkanes) is 5. The van der Waals surface area contributed by atoms with Crippen LogP contribution in [0.3, 0.4) is 0 Å². The lowest BCUT2D eigenvalue weighted by Crippen LogP contribution is -2.15. The van der Waals surface area contributed by atoms with Crippen LogP contribution in [0.2, 0.25) is 0 Å². The second-order valence-corrected chi connectivity index (χ2v) is 6.61. The Bertz CT molecular complexity index is 654. The van der Waals surface area contributed by atoms with Gasteiger partial charge in [-0.05, 0) is 19.3 Å². The van der Waals surface area contributed by atoms with Crippen molar-refractivity contribution >= 4 is 11.8 Å². The van der Waals surface area contributed by atoms with Crippen LogP contribution in [-0.2, 0) is 27.3 Å². The molecule has 0 spiro atoms. The molecule has 0 saturated carbocycles. The molecule has 7 nitrogen and oxygen atoms in total. The van der Waals surface area contributed by atoms with Crippen molar-refractivity contribution in [3.63, 3.8) is 0 Å². The number of ether oxygens (including phenoxy) is 1. The first-order chi connectivity index (χ1) is 13.0. The number of nitrogens with zero attached hydrogens (tertiary/aromatic N) is 1. The number of pyridine rings is 1. The van der Waals surface area contributed by atoms with E-state index in [9.17, 15) is 19.5 Å². The summed E-state index contributed by atoms with van der Waals surface area (Å²) in [6.07, 6.45) is 8.66. The zero-order valence-electron chi connectivity index (χ0n) is 16.2. The van der Waals surface area contributed by atoms with Crippen LogP contribution in [0.5, 0.6) is 5.75 Å². The molecule has 1 aromatic rings. The van der Waals surface area contributed by atoms with E-state index in [2.05, 4.69) is 0 Å². The van der Waals surface area contributed by atoms with Gasteiger partial charge in [-0.3, -0.25) is 14.4 Å². The standard InChI is InChI=1S/C20H32N2O5/c1-2-17-20(26)18(24)11-13-22(17)12-7-5-3-4-6-8-14-27-19(25)10-9-16(23)15-21/h11,13,26H,2-10,12,14-15,21H2,1H3. The van der Waals surface area contributed by atoms with Crippen molar-refractivity contribution in [3.05, 3.63) is 28.2 Å². The quantitative estimate of drug-likeness (QED) is 0.378. The summed E-state index contributed by atoms with van der Waals surface area (Å²) in [6, 6.07) is 1.40. The molecule has 0 aliphatic heterocycles. The van der Waals surface area contributed by atoms with Crippen LogP contribution < -0.4 is 11.2 Å². The minimum atomic E-state index is -0.340. The lowest BCUT2D eigenvalue weighted by atomic mass is 10.1. The van der Waals surface area contributed by atoms with Crippen molar-refractivity contribution < 1.29 is 19.4 Å². The first-order valence-corrected chi connectivity index (χ1v) is 9.78. The Hall–Kier alpha value is -2.15. The number of nitrogens with two attached hydrogens (primary N) is 1. The molecule has 0 bridgehead atoms. The van der Waals surface area contributed by atoms with E-state index < -0.39 is 0 Å². The molecule has 0 unspecified atom stereocenters. The molecule has 0 saturated heterocycles. The molecule has 1 aromatic heterocycles. The van der Waals surface area contributed by atoms with E-state index >= 15 is 0 Å². The Morgan fingerprint density at radius 3 is 2.44 bits per heavy atom. The molecule has 0 aliphatic carbocycles. The van der Waals surface area contributed by atoms with Gasteiger partial charge >= 0.3 is 5.97 Å². The smallest absolute Gasteiger partial charge is 0.306 e. The van der Waals surface area contributed by atoms with Crippen molar-refractivity contribution in [1.82, 2.24) is 4.57 Å². The number of ketones is 1. The molecular weight excluding hydrogens is 348 g/mol. The third kappa shape index (κ3) is 8.86. The van der Waals surface area contributed by atoms with Crippen LogP contribution in [0.15, 0.2) is 17.1 Å². The van der Waals surface area contributed by atoms with E-state index in [0.717, 1.165) is 45.1 Å². The number of carbonyl (C=O) groups excluding carboxylic acids is 2. The molecule has 27 heavy (non-hydrogen) atoms. The maximum atomic E-state index is 11.5. The maximum Gasteiger partial charge on any atom is 0.306 e. The highest BCUT2D eigenvalue weighted by molar-refractivity contribution is 5.84. The summed E-state index contributed by atoms with van der Waals surface area (Å²) in [5.41, 5.74) is 5.55. The third-order valence-electron chi connectivity index (χ3n) is 4.49. The summed E-state index contributed by atoms with van der Waals surface area (Å²) in [5, 5.41) is 9.82. The van der Waals surface area contributed by atoms with E-state index in [4.69, 9.17) is 10.5 Å². The molecular formula is C20H32N2O5. The molecule has 0 radical (unpaired) electrons. The Kier molecular flexibility index (Phi) is 11.1. The second kappa shape index (κ2) is 13.1. The van der Waals surface area contributed by atoms with Gasteiger partial charge in [-0.2, -0.15) is 0 Å². The topological polar surface area (TPSA) is 112 Å². The van der Waals surface area contributed by atoms with Gasteiger partial charge in [0.15, 0.2) is 5.75 Å². The van der Waals surface area contributed by atoms with Crippen molar-refractivity contribution in [3.8, 4) is 5.75 Å². The van der Waals surface area contributed by atoms with Crippen LogP contribution >= 0.6 is 0 Å². The van der Waals surface area contributed by atoms with E-state index in [1.165, 1.54) is 6.07 Å². The molecule has 152 valence electrons. The van der Waals surface area contributed by atoms with Crippen LogP contribution in [0.4, 0.5) is 0 Å². The van der Waals surface area contributed by atoms with Crippen molar-refractivity contribution in [2.75, 3.05) is 13.2 Å². The van der Waals surface area contributed by atoms with Gasteiger partial charge in [-0.15, -0.1) is 0 Å².